The van der Waals surface area contributed by atoms with Crippen molar-refractivity contribution in [1.29, 1.82) is 0 Å². The van der Waals surface area contributed by atoms with Gasteiger partial charge in [-0.15, -0.1) is 0 Å². The molecular weight excluding hydrogens is 354 g/mol. The molecule has 0 radical (unpaired) electrons. The van der Waals surface area contributed by atoms with Crippen molar-refractivity contribution in [2.24, 2.45) is 0 Å². The topological polar surface area (TPSA) is 37.8 Å². The lowest BCUT2D eigenvalue weighted by Crippen LogP contribution is -2.00. The lowest BCUT2D eigenvalue weighted by atomic mass is 10.0. The molecule has 0 unspecified atom stereocenters. The number of hydrogen-bond acceptors (Lipinski definition) is 3. The number of rotatable bonds is 3. The Labute approximate surface area is 170 Å². The van der Waals surface area contributed by atoms with E-state index >= 15 is 0 Å². The molecule has 0 bridgehead atoms. The number of para-hydroxylation sites is 1. The van der Waals surface area contributed by atoms with Crippen LogP contribution in [0, 0.1) is 13.8 Å². The molecule has 1 aromatic heterocycles. The van der Waals surface area contributed by atoms with Crippen molar-refractivity contribution < 1.29 is 0 Å². The van der Waals surface area contributed by atoms with E-state index in [1.54, 1.807) is 0 Å². The molecule has 1 N–H and O–H groups in total. The Hall–Kier alpha value is -3.72. The van der Waals surface area contributed by atoms with Crippen molar-refractivity contribution >= 4 is 33.2 Å². The number of aryl methyl sites for hydroxylation is 2. The van der Waals surface area contributed by atoms with Gasteiger partial charge in [-0.3, -0.25) is 0 Å². The first-order valence-electron chi connectivity index (χ1n) is 9.78. The van der Waals surface area contributed by atoms with E-state index in [1.165, 1.54) is 21.9 Å². The highest BCUT2D eigenvalue weighted by molar-refractivity contribution is 5.94. The van der Waals surface area contributed by atoms with Gasteiger partial charge < -0.3 is 5.32 Å². The average molecular weight is 375 g/mol. The van der Waals surface area contributed by atoms with E-state index < -0.39 is 0 Å². The normalized spacial score (nSPS) is 11.1. The molecule has 0 aliphatic carbocycles. The van der Waals surface area contributed by atoms with Gasteiger partial charge in [0.2, 0.25) is 0 Å². The Morgan fingerprint density at radius 1 is 0.690 bits per heavy atom. The van der Waals surface area contributed by atoms with Crippen LogP contribution >= 0.6 is 0 Å². The highest BCUT2D eigenvalue weighted by Gasteiger charge is 2.12. The zero-order chi connectivity index (χ0) is 19.8. The minimum atomic E-state index is 0.738. The van der Waals surface area contributed by atoms with Crippen LogP contribution in [0.25, 0.3) is 33.1 Å². The number of nitrogens with zero attached hydrogens (tertiary/aromatic N) is 2. The smallest absolute Gasteiger partial charge is 0.162 e. The zero-order valence-electron chi connectivity index (χ0n) is 16.5. The molecule has 1 heterocycles. The molecule has 0 atom stereocenters. The SMILES string of the molecule is Cc1cccc(Nc2nc(-c3cc4ccccc4cc3C)nc3ccccc23)c1. The number of benzene rings is 4. The average Bonchev–Trinajstić information content (AvgIpc) is 2.73. The Kier molecular flexibility index (Phi) is 4.21. The van der Waals surface area contributed by atoms with Crippen molar-refractivity contribution in [3.05, 3.63) is 96.1 Å². The van der Waals surface area contributed by atoms with Crippen LogP contribution in [0.3, 0.4) is 0 Å². The van der Waals surface area contributed by atoms with Gasteiger partial charge in [-0.1, -0.05) is 54.6 Å². The lowest BCUT2D eigenvalue weighted by molar-refractivity contribution is 1.21. The zero-order valence-corrected chi connectivity index (χ0v) is 16.5. The van der Waals surface area contributed by atoms with Crippen molar-refractivity contribution in [3.63, 3.8) is 0 Å². The summed E-state index contributed by atoms with van der Waals surface area (Å²) in [6.45, 7) is 4.21. The Bertz CT molecular complexity index is 1360. The molecule has 0 spiro atoms. The molecule has 5 aromatic rings. The van der Waals surface area contributed by atoms with Crippen LogP contribution in [-0.4, -0.2) is 9.97 Å². The van der Waals surface area contributed by atoms with Crippen molar-refractivity contribution in [3.8, 4) is 11.4 Å². The molecule has 0 amide bonds. The fourth-order valence-corrected chi connectivity index (χ4v) is 3.75. The van der Waals surface area contributed by atoms with Gasteiger partial charge in [-0.25, -0.2) is 9.97 Å². The fraction of sp³-hybridized carbons (Fsp3) is 0.0769. The summed E-state index contributed by atoms with van der Waals surface area (Å²) in [5.41, 5.74) is 5.39. The van der Waals surface area contributed by atoms with Crippen LogP contribution in [-0.2, 0) is 0 Å². The molecule has 0 saturated heterocycles. The summed E-state index contributed by atoms with van der Waals surface area (Å²) in [6.07, 6.45) is 0. The van der Waals surface area contributed by atoms with Crippen LogP contribution in [0.5, 0.6) is 0 Å². The predicted molar refractivity (Wildman–Crippen MR) is 122 cm³/mol. The Balaban J connectivity index is 1.70. The lowest BCUT2D eigenvalue weighted by Gasteiger charge is -2.13. The van der Waals surface area contributed by atoms with E-state index in [-0.39, 0.29) is 0 Å². The van der Waals surface area contributed by atoms with Gasteiger partial charge in [0.05, 0.1) is 5.52 Å². The summed E-state index contributed by atoms with van der Waals surface area (Å²) in [6, 6.07) is 29.3. The molecule has 0 fully saturated rings. The molecule has 29 heavy (non-hydrogen) atoms. The summed E-state index contributed by atoms with van der Waals surface area (Å²) >= 11 is 0. The molecule has 0 aliphatic heterocycles. The maximum Gasteiger partial charge on any atom is 0.162 e. The summed E-state index contributed by atoms with van der Waals surface area (Å²) in [5, 5.41) is 6.94. The minimum Gasteiger partial charge on any atom is -0.340 e. The van der Waals surface area contributed by atoms with Gasteiger partial charge in [-0.2, -0.15) is 0 Å². The van der Waals surface area contributed by atoms with Gasteiger partial charge >= 0.3 is 0 Å². The summed E-state index contributed by atoms with van der Waals surface area (Å²) in [7, 11) is 0. The van der Waals surface area contributed by atoms with E-state index in [0.717, 1.165) is 33.8 Å². The highest BCUT2D eigenvalue weighted by Crippen LogP contribution is 2.31. The standard InChI is InChI=1S/C26H21N3/c1-17-8-7-11-21(14-17)27-25-22-12-5-6-13-24(22)28-26(29-25)23-16-20-10-4-3-9-19(20)15-18(23)2/h3-16H,1-2H3,(H,27,28,29). The second-order valence-electron chi connectivity index (χ2n) is 7.42. The number of aromatic nitrogens is 2. The van der Waals surface area contributed by atoms with E-state index in [2.05, 4.69) is 85.9 Å². The maximum atomic E-state index is 4.94. The minimum absolute atomic E-state index is 0.738. The van der Waals surface area contributed by atoms with E-state index in [4.69, 9.17) is 9.97 Å². The number of hydrogen-bond donors (Lipinski definition) is 1. The van der Waals surface area contributed by atoms with E-state index in [1.807, 2.05) is 18.2 Å². The van der Waals surface area contributed by atoms with Crippen molar-refractivity contribution in [1.82, 2.24) is 9.97 Å². The fourth-order valence-electron chi connectivity index (χ4n) is 3.75. The molecule has 0 aliphatic rings. The monoisotopic (exact) mass is 375 g/mol. The van der Waals surface area contributed by atoms with Crippen LogP contribution in [0.2, 0.25) is 0 Å². The third-order valence-electron chi connectivity index (χ3n) is 5.22. The first-order valence-corrected chi connectivity index (χ1v) is 9.78. The summed E-state index contributed by atoms with van der Waals surface area (Å²) in [5.74, 6) is 1.56. The van der Waals surface area contributed by atoms with Crippen LogP contribution in [0.15, 0.2) is 84.9 Å². The summed E-state index contributed by atoms with van der Waals surface area (Å²) in [4.78, 5) is 9.82. The second kappa shape index (κ2) is 7.02. The maximum absolute atomic E-state index is 4.94. The first kappa shape index (κ1) is 17.4. The van der Waals surface area contributed by atoms with Crippen LogP contribution in [0.4, 0.5) is 11.5 Å². The molecule has 3 heteroatoms. The van der Waals surface area contributed by atoms with Gasteiger partial charge in [0.1, 0.15) is 5.82 Å². The van der Waals surface area contributed by atoms with Crippen molar-refractivity contribution in [2.45, 2.75) is 13.8 Å². The summed E-state index contributed by atoms with van der Waals surface area (Å²) < 4.78 is 0. The van der Waals surface area contributed by atoms with Gasteiger partial charge in [0.15, 0.2) is 5.82 Å². The van der Waals surface area contributed by atoms with E-state index in [9.17, 15) is 0 Å². The van der Waals surface area contributed by atoms with Crippen molar-refractivity contribution in [2.75, 3.05) is 5.32 Å². The first-order chi connectivity index (χ1) is 14.2. The molecule has 5 rings (SSSR count). The molecule has 4 aromatic carbocycles. The number of anilines is 2. The van der Waals surface area contributed by atoms with Crippen LogP contribution in [0.1, 0.15) is 11.1 Å². The number of fused-ring (bicyclic) bond motifs is 2. The second-order valence-corrected chi connectivity index (χ2v) is 7.42. The largest absolute Gasteiger partial charge is 0.340 e. The quantitative estimate of drug-likeness (QED) is 0.376. The van der Waals surface area contributed by atoms with E-state index in [0.29, 0.717) is 0 Å². The third-order valence-corrected chi connectivity index (χ3v) is 5.22. The third kappa shape index (κ3) is 3.32. The van der Waals surface area contributed by atoms with Gasteiger partial charge in [0, 0.05) is 16.6 Å². The highest BCUT2D eigenvalue weighted by atomic mass is 15.0. The van der Waals surface area contributed by atoms with Gasteiger partial charge in [0.25, 0.3) is 0 Å². The Morgan fingerprint density at radius 2 is 1.45 bits per heavy atom. The molecule has 3 nitrogen and oxygen atoms in total. The van der Waals surface area contributed by atoms with Gasteiger partial charge in [-0.05, 0) is 66.1 Å². The molecular formula is C26H21N3. The predicted octanol–water partition coefficient (Wildman–Crippen LogP) is 6.81. The number of nitrogens with one attached hydrogen (secondary N) is 1. The molecule has 140 valence electrons. The molecule has 0 saturated carbocycles. The van der Waals surface area contributed by atoms with Crippen LogP contribution < -0.4 is 5.32 Å². The Morgan fingerprint density at radius 3 is 2.28 bits per heavy atom.